The van der Waals surface area contributed by atoms with Crippen molar-refractivity contribution in [3.05, 3.63) is 17.5 Å². The van der Waals surface area contributed by atoms with Gasteiger partial charge in [-0.25, -0.2) is 0 Å². The molecule has 1 saturated carbocycles. The summed E-state index contributed by atoms with van der Waals surface area (Å²) in [5, 5.41) is 16.8. The number of aromatic amines is 1. The molecule has 0 bridgehead atoms. The van der Waals surface area contributed by atoms with Crippen LogP contribution in [0, 0.1) is 6.92 Å². The summed E-state index contributed by atoms with van der Waals surface area (Å²) < 4.78 is 0. The van der Waals surface area contributed by atoms with Gasteiger partial charge in [0.25, 0.3) is 5.91 Å². The largest absolute Gasteiger partial charge is 0.391 e. The molecule has 110 valence electrons. The zero-order valence-corrected chi connectivity index (χ0v) is 11.9. The van der Waals surface area contributed by atoms with E-state index in [0.29, 0.717) is 24.8 Å². The van der Waals surface area contributed by atoms with Gasteiger partial charge in [-0.2, -0.15) is 5.10 Å². The highest BCUT2D eigenvalue weighted by atomic mass is 16.3. The maximum Gasteiger partial charge on any atom is 0.274 e. The number of nitrogens with one attached hydrogen (secondary N) is 1. The average molecular weight is 278 g/mol. The molecule has 2 unspecified atom stereocenters. The van der Waals surface area contributed by atoms with Crippen LogP contribution in [0.3, 0.4) is 0 Å². The number of aliphatic hydroxyl groups is 1. The highest BCUT2D eigenvalue weighted by molar-refractivity contribution is 5.92. The van der Waals surface area contributed by atoms with E-state index in [1.807, 2.05) is 11.8 Å². The minimum absolute atomic E-state index is 0.000899. The molecule has 6 nitrogen and oxygen atoms in total. The van der Waals surface area contributed by atoms with Crippen LogP contribution in [0.15, 0.2) is 6.07 Å². The van der Waals surface area contributed by atoms with Gasteiger partial charge >= 0.3 is 0 Å². The maximum atomic E-state index is 12.3. The molecule has 2 atom stereocenters. The van der Waals surface area contributed by atoms with Crippen molar-refractivity contribution < 1.29 is 9.90 Å². The third kappa shape index (κ3) is 2.58. The molecule has 20 heavy (non-hydrogen) atoms. The van der Waals surface area contributed by atoms with Crippen molar-refractivity contribution in [2.75, 3.05) is 26.2 Å². The molecule has 1 saturated heterocycles. The number of amides is 1. The van der Waals surface area contributed by atoms with E-state index in [-0.39, 0.29) is 12.0 Å². The zero-order chi connectivity index (χ0) is 14.1. The lowest BCUT2D eigenvalue weighted by atomic mass is 10.1. The van der Waals surface area contributed by atoms with Crippen LogP contribution in [0.4, 0.5) is 0 Å². The Morgan fingerprint density at radius 2 is 2.10 bits per heavy atom. The Bertz CT molecular complexity index is 479. The summed E-state index contributed by atoms with van der Waals surface area (Å²) in [6, 6.07) is 2.08. The molecular weight excluding hydrogens is 256 g/mol. The van der Waals surface area contributed by atoms with Gasteiger partial charge in [0, 0.05) is 37.9 Å². The minimum atomic E-state index is -0.189. The van der Waals surface area contributed by atoms with Gasteiger partial charge in [-0.15, -0.1) is 0 Å². The smallest absolute Gasteiger partial charge is 0.274 e. The molecular formula is C14H22N4O2. The second-order valence-electron chi connectivity index (χ2n) is 5.83. The normalized spacial score (nSPS) is 28.0. The van der Waals surface area contributed by atoms with Crippen molar-refractivity contribution in [1.82, 2.24) is 20.0 Å². The van der Waals surface area contributed by atoms with Crippen LogP contribution in [0.25, 0.3) is 0 Å². The van der Waals surface area contributed by atoms with Gasteiger partial charge in [0.1, 0.15) is 5.69 Å². The van der Waals surface area contributed by atoms with Crippen molar-refractivity contribution in [3.63, 3.8) is 0 Å². The van der Waals surface area contributed by atoms with Gasteiger partial charge in [0.2, 0.25) is 0 Å². The summed E-state index contributed by atoms with van der Waals surface area (Å²) >= 11 is 0. The number of rotatable bonds is 2. The average Bonchev–Trinajstić information content (AvgIpc) is 3.07. The summed E-state index contributed by atoms with van der Waals surface area (Å²) in [7, 11) is 0. The van der Waals surface area contributed by atoms with Gasteiger partial charge in [-0.1, -0.05) is 0 Å². The van der Waals surface area contributed by atoms with Gasteiger partial charge < -0.3 is 10.0 Å². The summed E-state index contributed by atoms with van der Waals surface area (Å²) in [4.78, 5) is 16.5. The Labute approximate surface area is 118 Å². The number of aromatic nitrogens is 2. The van der Waals surface area contributed by atoms with E-state index < -0.39 is 0 Å². The minimum Gasteiger partial charge on any atom is -0.391 e. The molecule has 2 fully saturated rings. The van der Waals surface area contributed by atoms with Crippen molar-refractivity contribution in [2.45, 2.75) is 38.3 Å². The standard InChI is InChI=1S/C14H22N4O2/c1-10-9-11(16-15-10)14(20)18-7-5-17(6-8-18)12-3-2-4-13(12)19/h9,12-13,19H,2-8H2,1H3,(H,15,16). The second kappa shape index (κ2) is 5.54. The first kappa shape index (κ1) is 13.6. The van der Waals surface area contributed by atoms with Crippen LogP contribution in [-0.4, -0.2) is 69.3 Å². The van der Waals surface area contributed by atoms with Crippen LogP contribution in [0.5, 0.6) is 0 Å². The van der Waals surface area contributed by atoms with E-state index in [4.69, 9.17) is 0 Å². The molecule has 1 aliphatic heterocycles. The molecule has 1 aliphatic carbocycles. The number of aliphatic hydroxyl groups excluding tert-OH is 1. The van der Waals surface area contributed by atoms with E-state index in [2.05, 4.69) is 15.1 Å². The molecule has 1 amide bonds. The highest BCUT2D eigenvalue weighted by Gasteiger charge is 2.33. The Hall–Kier alpha value is -1.40. The van der Waals surface area contributed by atoms with Crippen LogP contribution >= 0.6 is 0 Å². The predicted octanol–water partition coefficient (Wildman–Crippen LogP) is 0.389. The molecule has 0 aromatic carbocycles. The molecule has 2 aliphatic rings. The number of carbonyl (C=O) groups is 1. The van der Waals surface area contributed by atoms with E-state index in [0.717, 1.165) is 38.0 Å². The fraction of sp³-hybridized carbons (Fsp3) is 0.714. The van der Waals surface area contributed by atoms with Crippen molar-refractivity contribution in [2.24, 2.45) is 0 Å². The van der Waals surface area contributed by atoms with Crippen LogP contribution in [0.1, 0.15) is 35.4 Å². The number of H-pyrrole nitrogens is 1. The van der Waals surface area contributed by atoms with Crippen molar-refractivity contribution in [3.8, 4) is 0 Å². The number of carbonyl (C=O) groups excluding carboxylic acids is 1. The van der Waals surface area contributed by atoms with Crippen LogP contribution in [-0.2, 0) is 0 Å². The summed E-state index contributed by atoms with van der Waals surface area (Å²) in [6.45, 7) is 5.01. The lowest BCUT2D eigenvalue weighted by molar-refractivity contribution is 0.0313. The van der Waals surface area contributed by atoms with Crippen LogP contribution < -0.4 is 0 Å². The fourth-order valence-corrected chi connectivity index (χ4v) is 3.29. The Morgan fingerprint density at radius 1 is 1.35 bits per heavy atom. The Kier molecular flexibility index (Phi) is 3.76. The van der Waals surface area contributed by atoms with Crippen molar-refractivity contribution >= 4 is 5.91 Å². The third-order valence-corrected chi connectivity index (χ3v) is 4.44. The summed E-state index contributed by atoms with van der Waals surface area (Å²) in [5.41, 5.74) is 1.40. The lowest BCUT2D eigenvalue weighted by Gasteiger charge is -2.38. The Balaban J connectivity index is 1.57. The summed E-state index contributed by atoms with van der Waals surface area (Å²) in [5.74, 6) is 0.000899. The number of aryl methyl sites for hydroxylation is 1. The van der Waals surface area contributed by atoms with E-state index in [9.17, 15) is 9.90 Å². The maximum absolute atomic E-state index is 12.3. The number of hydrogen-bond donors (Lipinski definition) is 2. The molecule has 0 spiro atoms. The second-order valence-corrected chi connectivity index (χ2v) is 5.83. The number of hydrogen-bond acceptors (Lipinski definition) is 4. The van der Waals surface area contributed by atoms with Gasteiger partial charge in [0.05, 0.1) is 6.10 Å². The number of nitrogens with zero attached hydrogens (tertiary/aromatic N) is 3. The van der Waals surface area contributed by atoms with E-state index in [1.165, 1.54) is 0 Å². The molecule has 1 aromatic heterocycles. The monoisotopic (exact) mass is 278 g/mol. The van der Waals surface area contributed by atoms with E-state index in [1.54, 1.807) is 6.07 Å². The first-order valence-electron chi connectivity index (χ1n) is 7.38. The predicted molar refractivity (Wildman–Crippen MR) is 74.4 cm³/mol. The molecule has 3 rings (SSSR count). The first-order valence-corrected chi connectivity index (χ1v) is 7.38. The third-order valence-electron chi connectivity index (χ3n) is 4.44. The van der Waals surface area contributed by atoms with Crippen molar-refractivity contribution in [1.29, 1.82) is 0 Å². The SMILES string of the molecule is Cc1cc(C(=O)N2CCN(C3CCCC3O)CC2)n[nH]1. The number of piperazine rings is 1. The molecule has 6 heteroatoms. The van der Waals surface area contributed by atoms with E-state index >= 15 is 0 Å². The van der Waals surface area contributed by atoms with Crippen LogP contribution in [0.2, 0.25) is 0 Å². The Morgan fingerprint density at radius 3 is 2.65 bits per heavy atom. The summed E-state index contributed by atoms with van der Waals surface area (Å²) in [6.07, 6.45) is 2.91. The highest BCUT2D eigenvalue weighted by Crippen LogP contribution is 2.25. The topological polar surface area (TPSA) is 72.5 Å². The molecule has 2 heterocycles. The van der Waals surface area contributed by atoms with Gasteiger partial charge in [0.15, 0.2) is 0 Å². The molecule has 0 radical (unpaired) electrons. The lowest BCUT2D eigenvalue weighted by Crippen LogP contribution is -2.53. The molecule has 1 aromatic rings. The van der Waals surface area contributed by atoms with Gasteiger partial charge in [-0.3, -0.25) is 14.8 Å². The fourth-order valence-electron chi connectivity index (χ4n) is 3.29. The van der Waals surface area contributed by atoms with Gasteiger partial charge in [-0.05, 0) is 32.3 Å². The quantitative estimate of drug-likeness (QED) is 0.821. The zero-order valence-electron chi connectivity index (χ0n) is 11.9. The first-order chi connectivity index (χ1) is 9.65. The molecule has 2 N–H and O–H groups in total.